The average Bonchev–Trinajstić information content (AvgIpc) is 3.41. The molecule has 1 fully saturated rings. The van der Waals surface area contributed by atoms with E-state index in [2.05, 4.69) is 14.4 Å². The Balaban J connectivity index is 1.89. The molecule has 0 aliphatic heterocycles. The van der Waals surface area contributed by atoms with E-state index in [1.54, 1.807) is 6.07 Å². The van der Waals surface area contributed by atoms with E-state index in [1.807, 2.05) is 0 Å². The van der Waals surface area contributed by atoms with Crippen molar-refractivity contribution in [3.63, 3.8) is 0 Å². The van der Waals surface area contributed by atoms with Crippen LogP contribution in [0, 0.1) is 5.82 Å². The average molecular weight is 367 g/mol. The maximum absolute atomic E-state index is 14.2. The van der Waals surface area contributed by atoms with Gasteiger partial charge in [-0.3, -0.25) is 14.5 Å². The Morgan fingerprint density at radius 3 is 2.68 bits per heavy atom. The van der Waals surface area contributed by atoms with Gasteiger partial charge >= 0.3 is 0 Å². The molecule has 0 bridgehead atoms. The number of nitrogens with one attached hydrogen (secondary N) is 2. The molecule has 132 valence electrons. The number of aromatic nitrogens is 1. The monoisotopic (exact) mass is 367 g/mol. The number of amides is 1. The minimum atomic E-state index is -2.70. The Morgan fingerprint density at radius 2 is 2.00 bits per heavy atom. The van der Waals surface area contributed by atoms with Gasteiger partial charge in [-0.2, -0.15) is 0 Å². The van der Waals surface area contributed by atoms with Gasteiger partial charge in [0.2, 0.25) is 5.91 Å². The molecule has 1 atom stereocenters. The third-order valence-electron chi connectivity index (χ3n) is 3.79. The highest BCUT2D eigenvalue weighted by Crippen LogP contribution is 2.29. The largest absolute Gasteiger partial charge is 0.286 e. The highest BCUT2D eigenvalue weighted by atomic mass is 32.2. The molecule has 1 saturated carbocycles. The molecule has 2 aromatic rings. The lowest BCUT2D eigenvalue weighted by Crippen LogP contribution is -2.29. The Morgan fingerprint density at radius 1 is 1.24 bits per heavy atom. The predicted octanol–water partition coefficient (Wildman–Crippen LogP) is 3.72. The predicted molar refractivity (Wildman–Crippen MR) is 89.3 cm³/mol. The lowest BCUT2D eigenvalue weighted by atomic mass is 9.93. The number of benzene rings is 1. The van der Waals surface area contributed by atoms with Gasteiger partial charge in [0.15, 0.2) is 0 Å². The summed E-state index contributed by atoms with van der Waals surface area (Å²) in [6, 6.07) is 8.44. The van der Waals surface area contributed by atoms with E-state index in [-0.39, 0.29) is 16.8 Å². The maximum Gasteiger partial charge on any atom is 0.263 e. The fraction of sp³-hybridized carbons (Fsp3) is 0.294. The van der Waals surface area contributed by atoms with Gasteiger partial charge in [0, 0.05) is 35.5 Å². The second-order valence-electron chi connectivity index (χ2n) is 5.73. The van der Waals surface area contributed by atoms with Crippen LogP contribution in [0.3, 0.4) is 0 Å². The summed E-state index contributed by atoms with van der Waals surface area (Å²) in [4.78, 5) is 16.6. The molecular formula is C17H16F3N3OS. The van der Waals surface area contributed by atoms with Gasteiger partial charge in [-0.05, 0) is 31.0 Å². The molecule has 0 spiro atoms. The van der Waals surface area contributed by atoms with Crippen molar-refractivity contribution in [3.8, 4) is 0 Å². The molecule has 1 aliphatic rings. The van der Waals surface area contributed by atoms with Gasteiger partial charge < -0.3 is 0 Å². The van der Waals surface area contributed by atoms with Crippen LogP contribution >= 0.6 is 12.1 Å². The van der Waals surface area contributed by atoms with Crippen LogP contribution in [0.2, 0.25) is 0 Å². The molecule has 2 N–H and O–H groups in total. The zero-order chi connectivity index (χ0) is 17.8. The van der Waals surface area contributed by atoms with E-state index in [0.29, 0.717) is 6.04 Å². The fourth-order valence-electron chi connectivity index (χ4n) is 2.33. The third kappa shape index (κ3) is 4.52. The van der Waals surface area contributed by atoms with Crippen molar-refractivity contribution in [1.82, 2.24) is 14.4 Å². The molecule has 1 aromatic carbocycles. The van der Waals surface area contributed by atoms with Crippen LogP contribution < -0.4 is 9.44 Å². The van der Waals surface area contributed by atoms with Gasteiger partial charge in [-0.1, -0.05) is 18.2 Å². The molecule has 1 heterocycles. The number of rotatable bonds is 7. The lowest BCUT2D eigenvalue weighted by molar-refractivity contribution is -0.119. The van der Waals surface area contributed by atoms with Gasteiger partial charge in [0.1, 0.15) is 11.7 Å². The maximum atomic E-state index is 14.2. The van der Waals surface area contributed by atoms with Gasteiger partial charge in [-0.15, -0.1) is 0 Å². The highest BCUT2D eigenvalue weighted by Gasteiger charge is 2.28. The van der Waals surface area contributed by atoms with Crippen molar-refractivity contribution >= 4 is 18.0 Å². The number of carbonyl (C=O) groups excluding carboxylic acids is 1. The number of alkyl halides is 2. The van der Waals surface area contributed by atoms with Crippen molar-refractivity contribution < 1.29 is 18.0 Å². The minimum Gasteiger partial charge on any atom is -0.286 e. The van der Waals surface area contributed by atoms with Gasteiger partial charge in [-0.25, -0.2) is 17.9 Å². The number of hydrogen-bond acceptors (Lipinski definition) is 4. The van der Waals surface area contributed by atoms with Crippen molar-refractivity contribution in [1.29, 1.82) is 0 Å². The lowest BCUT2D eigenvalue weighted by Gasteiger charge is -2.18. The number of pyridine rings is 1. The van der Waals surface area contributed by atoms with Crippen LogP contribution in [0.5, 0.6) is 0 Å². The third-order valence-corrected chi connectivity index (χ3v) is 4.54. The number of halogens is 3. The van der Waals surface area contributed by atoms with Crippen molar-refractivity contribution in [2.45, 2.75) is 31.2 Å². The first-order chi connectivity index (χ1) is 12.1. The normalized spacial score (nSPS) is 15.2. The molecule has 1 aliphatic carbocycles. The van der Waals surface area contributed by atoms with Crippen LogP contribution in [-0.4, -0.2) is 16.9 Å². The van der Waals surface area contributed by atoms with E-state index in [1.165, 1.54) is 30.5 Å². The Bertz CT molecular complexity index is 755. The standard InChI is InChI=1S/C17H16F3N3OS/c18-13-4-2-1-3-12(13)15(17(24)23-25-22-11-5-6-11)14-9-10(16(19)20)7-8-21-14/h1-4,7-9,11,15-16,22H,5-6H2,(H,23,24). The quantitative estimate of drug-likeness (QED) is 0.733. The fourth-order valence-corrected chi connectivity index (χ4v) is 3.01. The van der Waals surface area contributed by atoms with Crippen LogP contribution in [0.15, 0.2) is 42.6 Å². The van der Waals surface area contributed by atoms with Crippen LogP contribution in [0.4, 0.5) is 13.2 Å². The molecule has 8 heteroatoms. The molecule has 25 heavy (non-hydrogen) atoms. The zero-order valence-electron chi connectivity index (χ0n) is 13.1. The Labute approximate surface area is 147 Å². The Hall–Kier alpha value is -2.06. The molecule has 1 amide bonds. The van der Waals surface area contributed by atoms with E-state index in [4.69, 9.17) is 0 Å². The summed E-state index contributed by atoms with van der Waals surface area (Å²) in [6.07, 6.45) is 0.583. The zero-order valence-corrected chi connectivity index (χ0v) is 13.9. The summed E-state index contributed by atoms with van der Waals surface area (Å²) < 4.78 is 45.8. The minimum absolute atomic E-state index is 0.0763. The summed E-state index contributed by atoms with van der Waals surface area (Å²) in [7, 11) is 0. The van der Waals surface area contributed by atoms with E-state index in [9.17, 15) is 18.0 Å². The van der Waals surface area contributed by atoms with Crippen LogP contribution in [0.25, 0.3) is 0 Å². The van der Waals surface area contributed by atoms with E-state index >= 15 is 0 Å². The van der Waals surface area contributed by atoms with Crippen molar-refractivity contribution in [3.05, 3.63) is 65.2 Å². The van der Waals surface area contributed by atoms with Crippen LogP contribution in [0.1, 0.15) is 42.0 Å². The first kappa shape index (κ1) is 17.8. The summed E-state index contributed by atoms with van der Waals surface area (Å²) in [5, 5.41) is 0. The summed E-state index contributed by atoms with van der Waals surface area (Å²) >= 11 is 1.02. The van der Waals surface area contributed by atoms with Crippen LogP contribution in [-0.2, 0) is 4.79 Å². The topological polar surface area (TPSA) is 54.0 Å². The molecule has 0 saturated heterocycles. The number of carbonyl (C=O) groups is 1. The molecule has 3 rings (SSSR count). The first-order valence-electron chi connectivity index (χ1n) is 7.76. The molecule has 1 aromatic heterocycles. The van der Waals surface area contributed by atoms with E-state index < -0.39 is 24.1 Å². The molecule has 4 nitrogen and oxygen atoms in total. The molecule has 1 unspecified atom stereocenters. The van der Waals surface area contributed by atoms with Crippen molar-refractivity contribution in [2.24, 2.45) is 0 Å². The smallest absolute Gasteiger partial charge is 0.263 e. The molecule has 0 radical (unpaired) electrons. The summed E-state index contributed by atoms with van der Waals surface area (Å²) in [6.45, 7) is 0. The second-order valence-corrected chi connectivity index (χ2v) is 6.37. The van der Waals surface area contributed by atoms with E-state index in [0.717, 1.165) is 31.0 Å². The SMILES string of the molecule is O=C(NSNC1CC1)C(c1cc(C(F)F)ccn1)c1ccccc1F. The van der Waals surface area contributed by atoms with Gasteiger partial charge in [0.05, 0.1) is 5.69 Å². The number of hydrogen-bond donors (Lipinski definition) is 2. The van der Waals surface area contributed by atoms with Gasteiger partial charge in [0.25, 0.3) is 6.43 Å². The summed E-state index contributed by atoms with van der Waals surface area (Å²) in [5.41, 5.74) is -0.0961. The number of nitrogens with zero attached hydrogens (tertiary/aromatic N) is 1. The Kier molecular flexibility index (Phi) is 5.60. The molecular weight excluding hydrogens is 351 g/mol. The highest BCUT2D eigenvalue weighted by molar-refractivity contribution is 7.96. The summed E-state index contributed by atoms with van der Waals surface area (Å²) in [5.74, 6) is -2.23. The van der Waals surface area contributed by atoms with Crippen molar-refractivity contribution in [2.75, 3.05) is 0 Å². The first-order valence-corrected chi connectivity index (χ1v) is 8.57. The second kappa shape index (κ2) is 7.88.